The lowest BCUT2D eigenvalue weighted by Gasteiger charge is -2.34. The van der Waals surface area contributed by atoms with Gasteiger partial charge in [0, 0.05) is 38.5 Å². The monoisotopic (exact) mass is 395 g/mol. The first-order valence-corrected chi connectivity index (χ1v) is 9.79. The number of carbonyl (C=O) groups excluding carboxylic acids is 2. The average Bonchev–Trinajstić information content (AvgIpc) is 3.00. The van der Waals surface area contributed by atoms with Crippen LogP contribution in [0.25, 0.3) is 16.6 Å². The van der Waals surface area contributed by atoms with Gasteiger partial charge in [0.05, 0.1) is 5.52 Å². The number of benzene rings is 1. The molecule has 0 bridgehead atoms. The summed E-state index contributed by atoms with van der Waals surface area (Å²) in [6.07, 6.45) is 0. The van der Waals surface area contributed by atoms with E-state index in [0.717, 1.165) is 27.6 Å². The van der Waals surface area contributed by atoms with Gasteiger partial charge in [0.2, 0.25) is 11.8 Å². The molecule has 0 saturated carbocycles. The van der Waals surface area contributed by atoms with Gasteiger partial charge in [-0.05, 0) is 49.6 Å². The third-order valence-electron chi connectivity index (χ3n) is 5.67. The van der Waals surface area contributed by atoms with Gasteiger partial charge in [0.1, 0.15) is 6.54 Å². The molecule has 8 nitrogen and oxygen atoms in total. The normalized spacial score (nSPS) is 14.8. The molecule has 1 saturated heterocycles. The standard InChI is InChI=1S/C21H25N5O3/c1-13-9-14(2)17-11-15(3)20-22-25(21(29)26(20)18(17)10-13)12-19(28)24-7-5-23(6-8-24)16(4)27/h9-11H,5-8,12H2,1-4H3. The molecule has 0 aliphatic carbocycles. The number of carbonyl (C=O) groups is 2. The van der Waals surface area contributed by atoms with Crippen LogP contribution in [0.5, 0.6) is 0 Å². The number of rotatable bonds is 2. The van der Waals surface area contributed by atoms with E-state index in [9.17, 15) is 14.4 Å². The third-order valence-corrected chi connectivity index (χ3v) is 5.67. The Morgan fingerprint density at radius 3 is 2.28 bits per heavy atom. The maximum Gasteiger partial charge on any atom is 0.351 e. The zero-order chi connectivity index (χ0) is 20.9. The van der Waals surface area contributed by atoms with Crippen molar-refractivity contribution in [1.82, 2.24) is 24.0 Å². The van der Waals surface area contributed by atoms with E-state index in [1.54, 1.807) is 14.2 Å². The van der Waals surface area contributed by atoms with Gasteiger partial charge in [-0.3, -0.25) is 9.59 Å². The smallest absolute Gasteiger partial charge is 0.339 e. The Hall–Kier alpha value is -3.16. The molecule has 2 amide bonds. The van der Waals surface area contributed by atoms with E-state index in [2.05, 4.69) is 11.2 Å². The Morgan fingerprint density at radius 2 is 1.62 bits per heavy atom. The highest BCUT2D eigenvalue weighted by Gasteiger charge is 2.24. The van der Waals surface area contributed by atoms with E-state index in [-0.39, 0.29) is 24.0 Å². The van der Waals surface area contributed by atoms with Crippen molar-refractivity contribution in [3.63, 3.8) is 0 Å². The Balaban J connectivity index is 1.69. The summed E-state index contributed by atoms with van der Waals surface area (Å²) in [7, 11) is 0. The number of fused-ring (bicyclic) bond motifs is 3. The van der Waals surface area contributed by atoms with Crippen molar-refractivity contribution in [2.24, 2.45) is 0 Å². The number of pyridine rings is 1. The summed E-state index contributed by atoms with van der Waals surface area (Å²) in [6, 6.07) is 6.11. The topological polar surface area (TPSA) is 79.9 Å². The number of nitrogens with zero attached hydrogens (tertiary/aromatic N) is 5. The minimum Gasteiger partial charge on any atom is -0.339 e. The molecule has 3 aromatic rings. The maximum absolute atomic E-state index is 13.1. The molecule has 1 fully saturated rings. The fraction of sp³-hybridized carbons (Fsp3) is 0.429. The second-order valence-electron chi connectivity index (χ2n) is 7.83. The zero-order valence-corrected chi connectivity index (χ0v) is 17.2. The average molecular weight is 395 g/mol. The van der Waals surface area contributed by atoms with Crippen LogP contribution in [0.3, 0.4) is 0 Å². The van der Waals surface area contributed by atoms with E-state index in [1.165, 1.54) is 11.6 Å². The van der Waals surface area contributed by atoms with Gasteiger partial charge in [-0.15, -0.1) is 5.10 Å². The highest BCUT2D eigenvalue weighted by molar-refractivity contribution is 5.87. The van der Waals surface area contributed by atoms with E-state index in [0.29, 0.717) is 31.8 Å². The predicted molar refractivity (Wildman–Crippen MR) is 110 cm³/mol. The largest absolute Gasteiger partial charge is 0.351 e. The minimum atomic E-state index is -0.311. The Morgan fingerprint density at radius 1 is 0.966 bits per heavy atom. The first kappa shape index (κ1) is 19.2. The molecule has 0 radical (unpaired) electrons. The fourth-order valence-electron chi connectivity index (χ4n) is 4.09. The minimum absolute atomic E-state index is 0.0154. The van der Waals surface area contributed by atoms with Crippen molar-refractivity contribution in [2.45, 2.75) is 34.2 Å². The summed E-state index contributed by atoms with van der Waals surface area (Å²) >= 11 is 0. The van der Waals surface area contributed by atoms with Crippen LogP contribution in [0.15, 0.2) is 23.0 Å². The highest BCUT2D eigenvalue weighted by atomic mass is 16.2. The number of hydrogen-bond acceptors (Lipinski definition) is 4. The van der Waals surface area contributed by atoms with Crippen molar-refractivity contribution in [2.75, 3.05) is 26.2 Å². The molecular formula is C21H25N5O3. The van der Waals surface area contributed by atoms with E-state index in [4.69, 9.17) is 0 Å². The molecule has 1 aliphatic rings. The van der Waals surface area contributed by atoms with Gasteiger partial charge in [-0.25, -0.2) is 13.9 Å². The highest BCUT2D eigenvalue weighted by Crippen LogP contribution is 2.23. The van der Waals surface area contributed by atoms with Gasteiger partial charge < -0.3 is 9.80 Å². The summed E-state index contributed by atoms with van der Waals surface area (Å²) < 4.78 is 2.85. The van der Waals surface area contributed by atoms with Gasteiger partial charge in [-0.2, -0.15) is 0 Å². The lowest BCUT2D eigenvalue weighted by Crippen LogP contribution is -2.51. The lowest BCUT2D eigenvalue weighted by atomic mass is 10.0. The molecule has 0 atom stereocenters. The van der Waals surface area contributed by atoms with E-state index >= 15 is 0 Å². The number of amides is 2. The van der Waals surface area contributed by atoms with Crippen molar-refractivity contribution < 1.29 is 9.59 Å². The molecule has 0 unspecified atom stereocenters. The quantitative estimate of drug-likeness (QED) is 0.654. The van der Waals surface area contributed by atoms with E-state index in [1.807, 2.05) is 32.9 Å². The number of hydrogen-bond donors (Lipinski definition) is 0. The van der Waals surface area contributed by atoms with Gasteiger partial charge >= 0.3 is 5.69 Å². The molecule has 29 heavy (non-hydrogen) atoms. The van der Waals surface area contributed by atoms with Crippen LogP contribution in [0.2, 0.25) is 0 Å². The molecule has 8 heteroatoms. The first-order valence-electron chi connectivity index (χ1n) is 9.79. The maximum atomic E-state index is 13.1. The first-order chi connectivity index (χ1) is 13.8. The number of aromatic nitrogens is 3. The van der Waals surface area contributed by atoms with Crippen molar-refractivity contribution >= 4 is 28.4 Å². The fourth-order valence-corrected chi connectivity index (χ4v) is 4.09. The van der Waals surface area contributed by atoms with Crippen LogP contribution >= 0.6 is 0 Å². The van der Waals surface area contributed by atoms with Crippen LogP contribution in [0, 0.1) is 20.8 Å². The Labute approximate surface area is 168 Å². The summed E-state index contributed by atoms with van der Waals surface area (Å²) in [5.74, 6) is -0.144. The molecule has 0 spiro atoms. The summed E-state index contributed by atoms with van der Waals surface area (Å²) in [4.78, 5) is 40.7. The van der Waals surface area contributed by atoms with Gasteiger partial charge in [0.25, 0.3) is 0 Å². The molecule has 3 heterocycles. The third kappa shape index (κ3) is 3.28. The lowest BCUT2D eigenvalue weighted by molar-refractivity contribution is -0.139. The molecule has 2 aromatic heterocycles. The number of piperazine rings is 1. The van der Waals surface area contributed by atoms with Crippen LogP contribution in [0.1, 0.15) is 23.6 Å². The SMILES string of the molecule is CC(=O)N1CCN(C(=O)Cn2nc3c(C)cc4c(C)cc(C)cc4n3c2=O)CC1. The Bertz CT molecular complexity index is 1200. The molecular weight excluding hydrogens is 370 g/mol. The molecule has 0 N–H and O–H groups in total. The van der Waals surface area contributed by atoms with Crippen molar-refractivity contribution in [3.8, 4) is 0 Å². The van der Waals surface area contributed by atoms with Crippen LogP contribution < -0.4 is 5.69 Å². The van der Waals surface area contributed by atoms with Crippen molar-refractivity contribution in [1.29, 1.82) is 0 Å². The van der Waals surface area contributed by atoms with Crippen LogP contribution in [-0.2, 0) is 16.1 Å². The second-order valence-corrected chi connectivity index (χ2v) is 7.83. The summed E-state index contributed by atoms with van der Waals surface area (Å²) in [6.45, 7) is 9.36. The van der Waals surface area contributed by atoms with Crippen LogP contribution in [0.4, 0.5) is 0 Å². The predicted octanol–water partition coefficient (Wildman–Crippen LogP) is 1.27. The number of aryl methyl sites for hydroxylation is 3. The molecule has 1 aliphatic heterocycles. The summed E-state index contributed by atoms with van der Waals surface area (Å²) in [5.41, 5.74) is 4.13. The molecule has 152 valence electrons. The van der Waals surface area contributed by atoms with Gasteiger partial charge in [0.15, 0.2) is 5.65 Å². The second kappa shape index (κ2) is 7.02. The molecule has 1 aromatic carbocycles. The molecule has 4 rings (SSSR count). The van der Waals surface area contributed by atoms with Gasteiger partial charge in [-0.1, -0.05) is 6.07 Å². The van der Waals surface area contributed by atoms with Crippen LogP contribution in [-0.4, -0.2) is 62.0 Å². The zero-order valence-electron chi connectivity index (χ0n) is 17.2. The van der Waals surface area contributed by atoms with Crippen molar-refractivity contribution in [3.05, 3.63) is 45.4 Å². The summed E-state index contributed by atoms with van der Waals surface area (Å²) in [5, 5.41) is 5.46. The van der Waals surface area contributed by atoms with E-state index < -0.39 is 0 Å². The Kier molecular flexibility index (Phi) is 4.64.